The van der Waals surface area contributed by atoms with Crippen LogP contribution in [-0.2, 0) is 13.0 Å². The lowest BCUT2D eigenvalue weighted by atomic mass is 10.1. The van der Waals surface area contributed by atoms with Gasteiger partial charge < -0.3 is 19.9 Å². The number of methoxy groups -OCH3 is 2. The number of ether oxygens (including phenoxy) is 2. The highest BCUT2D eigenvalue weighted by molar-refractivity contribution is 5.87. The fourth-order valence-electron chi connectivity index (χ4n) is 2.49. The summed E-state index contributed by atoms with van der Waals surface area (Å²) in [6.45, 7) is 2.80. The number of carboxylic acids is 1. The van der Waals surface area contributed by atoms with Crippen LogP contribution in [0.15, 0.2) is 42.5 Å². The summed E-state index contributed by atoms with van der Waals surface area (Å²) in [4.78, 5) is 10.8. The van der Waals surface area contributed by atoms with E-state index in [1.165, 1.54) is 0 Å². The van der Waals surface area contributed by atoms with Crippen molar-refractivity contribution in [3.63, 3.8) is 0 Å². The maximum Gasteiger partial charge on any atom is 0.335 e. The third-order valence-corrected chi connectivity index (χ3v) is 3.85. The number of hydrogen-bond donors (Lipinski definition) is 2. The Morgan fingerprint density at radius 3 is 2.25 bits per heavy atom. The van der Waals surface area contributed by atoms with Crippen LogP contribution in [0, 0.1) is 0 Å². The van der Waals surface area contributed by atoms with Crippen molar-refractivity contribution in [2.24, 2.45) is 0 Å². The van der Waals surface area contributed by atoms with Gasteiger partial charge >= 0.3 is 5.97 Å². The van der Waals surface area contributed by atoms with Gasteiger partial charge in [0.2, 0.25) is 0 Å². The molecular formula is C19H23NO4. The molecule has 2 rings (SSSR count). The van der Waals surface area contributed by atoms with E-state index in [2.05, 4.69) is 12.2 Å². The zero-order valence-electron chi connectivity index (χ0n) is 14.2. The van der Waals surface area contributed by atoms with Crippen LogP contribution in [0.4, 0.5) is 0 Å². The van der Waals surface area contributed by atoms with Crippen molar-refractivity contribution in [1.29, 1.82) is 0 Å². The number of hydrogen-bond acceptors (Lipinski definition) is 4. The molecule has 0 fully saturated rings. The number of aromatic carboxylic acids is 1. The molecule has 1 atom stereocenters. The van der Waals surface area contributed by atoms with E-state index in [-0.39, 0.29) is 6.04 Å². The molecular weight excluding hydrogens is 306 g/mol. The summed E-state index contributed by atoms with van der Waals surface area (Å²) in [5.74, 6) is 0.545. The summed E-state index contributed by atoms with van der Waals surface area (Å²) in [5, 5.41) is 12.3. The van der Waals surface area contributed by atoms with Gasteiger partial charge in [0.05, 0.1) is 19.8 Å². The van der Waals surface area contributed by atoms with E-state index in [1.807, 2.05) is 30.3 Å². The van der Waals surface area contributed by atoms with Gasteiger partial charge in [-0.15, -0.1) is 0 Å². The molecule has 0 aliphatic heterocycles. The van der Waals surface area contributed by atoms with Gasteiger partial charge in [-0.2, -0.15) is 0 Å². The van der Waals surface area contributed by atoms with E-state index in [0.29, 0.717) is 12.1 Å². The minimum Gasteiger partial charge on any atom is -0.493 e. The Labute approximate surface area is 142 Å². The second-order valence-corrected chi connectivity index (χ2v) is 5.68. The van der Waals surface area contributed by atoms with Crippen LogP contribution in [-0.4, -0.2) is 31.3 Å². The second kappa shape index (κ2) is 8.36. The normalized spacial score (nSPS) is 11.8. The van der Waals surface area contributed by atoms with E-state index < -0.39 is 5.97 Å². The van der Waals surface area contributed by atoms with Crippen LogP contribution >= 0.6 is 0 Å². The molecule has 0 aromatic heterocycles. The first-order chi connectivity index (χ1) is 11.5. The molecule has 0 saturated heterocycles. The smallest absolute Gasteiger partial charge is 0.335 e. The van der Waals surface area contributed by atoms with Crippen molar-refractivity contribution in [2.75, 3.05) is 14.2 Å². The third-order valence-electron chi connectivity index (χ3n) is 3.85. The zero-order chi connectivity index (χ0) is 17.5. The molecule has 2 aromatic carbocycles. The van der Waals surface area contributed by atoms with Crippen molar-refractivity contribution >= 4 is 5.97 Å². The Morgan fingerprint density at radius 2 is 1.67 bits per heavy atom. The van der Waals surface area contributed by atoms with Crippen LogP contribution < -0.4 is 14.8 Å². The van der Waals surface area contributed by atoms with E-state index in [1.54, 1.807) is 26.4 Å². The lowest BCUT2D eigenvalue weighted by Gasteiger charge is -2.15. The maximum absolute atomic E-state index is 10.8. The van der Waals surface area contributed by atoms with E-state index >= 15 is 0 Å². The first kappa shape index (κ1) is 17.8. The van der Waals surface area contributed by atoms with Crippen molar-refractivity contribution in [3.05, 3.63) is 59.2 Å². The Morgan fingerprint density at radius 1 is 1.04 bits per heavy atom. The minimum absolute atomic E-state index is 0.266. The second-order valence-electron chi connectivity index (χ2n) is 5.68. The standard InChI is InChI=1S/C19H23NO4/c1-13(10-15-6-9-17(23-2)18(11-15)24-3)20-12-14-4-7-16(8-5-14)19(21)22/h4-9,11,13,20H,10,12H2,1-3H3,(H,21,22). The predicted molar refractivity (Wildman–Crippen MR) is 93.0 cm³/mol. The molecule has 0 aliphatic carbocycles. The summed E-state index contributed by atoms with van der Waals surface area (Å²) in [6.07, 6.45) is 0.855. The van der Waals surface area contributed by atoms with Gasteiger partial charge in [0, 0.05) is 12.6 Å². The summed E-state index contributed by atoms with van der Waals surface area (Å²) < 4.78 is 10.6. The van der Waals surface area contributed by atoms with Crippen LogP contribution in [0.5, 0.6) is 11.5 Å². The molecule has 128 valence electrons. The highest BCUT2D eigenvalue weighted by atomic mass is 16.5. The van der Waals surface area contributed by atoms with Crippen LogP contribution in [0.1, 0.15) is 28.4 Å². The number of nitrogens with one attached hydrogen (secondary N) is 1. The molecule has 2 N–H and O–H groups in total. The van der Waals surface area contributed by atoms with Gasteiger partial charge in [-0.25, -0.2) is 4.79 Å². The Kier molecular flexibility index (Phi) is 6.21. The number of carbonyl (C=O) groups is 1. The first-order valence-corrected chi connectivity index (χ1v) is 7.80. The molecule has 0 spiro atoms. The van der Waals surface area contributed by atoms with Gasteiger partial charge in [-0.05, 0) is 48.7 Å². The first-order valence-electron chi connectivity index (χ1n) is 7.80. The molecule has 0 saturated carbocycles. The molecule has 24 heavy (non-hydrogen) atoms. The average Bonchev–Trinajstić information content (AvgIpc) is 2.60. The summed E-state index contributed by atoms with van der Waals surface area (Å²) >= 11 is 0. The SMILES string of the molecule is COc1ccc(CC(C)NCc2ccc(C(=O)O)cc2)cc1OC. The van der Waals surface area contributed by atoms with Crippen LogP contribution in [0.25, 0.3) is 0 Å². The van der Waals surface area contributed by atoms with E-state index in [4.69, 9.17) is 14.6 Å². The van der Waals surface area contributed by atoms with E-state index in [9.17, 15) is 4.79 Å². The molecule has 0 bridgehead atoms. The Hall–Kier alpha value is -2.53. The highest BCUT2D eigenvalue weighted by Gasteiger charge is 2.08. The zero-order valence-corrected chi connectivity index (χ0v) is 14.2. The summed E-state index contributed by atoms with van der Waals surface area (Å²) in [5.41, 5.74) is 2.52. The lowest BCUT2D eigenvalue weighted by molar-refractivity contribution is 0.0697. The van der Waals surface area contributed by atoms with E-state index in [0.717, 1.165) is 29.0 Å². The van der Waals surface area contributed by atoms with Crippen molar-refractivity contribution < 1.29 is 19.4 Å². The van der Waals surface area contributed by atoms with Crippen LogP contribution in [0.2, 0.25) is 0 Å². The van der Waals surface area contributed by atoms with Crippen LogP contribution in [0.3, 0.4) is 0 Å². The van der Waals surface area contributed by atoms with Gasteiger partial charge in [-0.3, -0.25) is 0 Å². The monoisotopic (exact) mass is 329 g/mol. The number of benzene rings is 2. The predicted octanol–water partition coefficient (Wildman–Crippen LogP) is 3.12. The molecule has 2 aromatic rings. The van der Waals surface area contributed by atoms with Gasteiger partial charge in [0.1, 0.15) is 0 Å². The molecule has 0 heterocycles. The highest BCUT2D eigenvalue weighted by Crippen LogP contribution is 2.27. The lowest BCUT2D eigenvalue weighted by Crippen LogP contribution is -2.27. The van der Waals surface area contributed by atoms with Crippen molar-refractivity contribution in [3.8, 4) is 11.5 Å². The van der Waals surface area contributed by atoms with Gasteiger partial charge in [-0.1, -0.05) is 18.2 Å². The third kappa shape index (κ3) is 4.73. The fraction of sp³-hybridized carbons (Fsp3) is 0.316. The largest absolute Gasteiger partial charge is 0.493 e. The topological polar surface area (TPSA) is 67.8 Å². The molecule has 0 aliphatic rings. The molecule has 0 amide bonds. The number of rotatable bonds is 8. The minimum atomic E-state index is -0.906. The molecule has 5 nitrogen and oxygen atoms in total. The average molecular weight is 329 g/mol. The van der Waals surface area contributed by atoms with Gasteiger partial charge in [0.15, 0.2) is 11.5 Å². The summed E-state index contributed by atoms with van der Waals surface area (Å²) in [7, 11) is 3.25. The molecule has 0 radical (unpaired) electrons. The molecule has 1 unspecified atom stereocenters. The van der Waals surface area contributed by atoms with Gasteiger partial charge in [0.25, 0.3) is 0 Å². The van der Waals surface area contributed by atoms with Crippen molar-refractivity contribution in [2.45, 2.75) is 25.9 Å². The number of carboxylic acid groups (broad SMARTS) is 1. The maximum atomic E-state index is 10.8. The fourth-order valence-corrected chi connectivity index (χ4v) is 2.49. The Balaban J connectivity index is 1.91. The quantitative estimate of drug-likeness (QED) is 0.779. The van der Waals surface area contributed by atoms with Crippen molar-refractivity contribution in [1.82, 2.24) is 5.32 Å². The summed E-state index contributed by atoms with van der Waals surface area (Å²) in [6, 6.07) is 13.1. The Bertz CT molecular complexity index is 682. The molecule has 5 heteroatoms.